The Hall–Kier alpha value is -2.81. The van der Waals surface area contributed by atoms with Gasteiger partial charge in [0.2, 0.25) is 5.91 Å². The van der Waals surface area contributed by atoms with Crippen LogP contribution in [0.4, 0.5) is 5.69 Å². The van der Waals surface area contributed by atoms with E-state index in [0.717, 1.165) is 16.0 Å². The van der Waals surface area contributed by atoms with Crippen LogP contribution in [0.3, 0.4) is 0 Å². The number of nitrogens with zero attached hydrogens (tertiary/aromatic N) is 1. The number of carbonyl (C=O) groups excluding carboxylic acids is 1. The van der Waals surface area contributed by atoms with Crippen LogP contribution in [0.2, 0.25) is 5.02 Å². The molecule has 0 saturated heterocycles. The van der Waals surface area contributed by atoms with E-state index >= 15 is 0 Å². The van der Waals surface area contributed by atoms with Crippen molar-refractivity contribution in [2.24, 2.45) is 0 Å². The lowest BCUT2D eigenvalue weighted by Crippen LogP contribution is -2.15. The summed E-state index contributed by atoms with van der Waals surface area (Å²) in [4.78, 5) is 34.2. The second kappa shape index (κ2) is 9.13. The van der Waals surface area contributed by atoms with E-state index < -0.39 is 0 Å². The van der Waals surface area contributed by atoms with Crippen molar-refractivity contribution in [3.8, 4) is 16.9 Å². The topological polar surface area (TPSA) is 84.1 Å². The molecule has 0 bridgehead atoms. The number of carbonyl (C=O) groups is 1. The first-order valence-electron chi connectivity index (χ1n) is 9.31. The molecule has 2 heterocycles. The zero-order chi connectivity index (χ0) is 22.0. The SMILES string of the molecule is COc1ccc(NC(=O)CSc2nc3sc(C)c(-c4ccccc4)c3c(=O)[nH]2)cc1Cl. The van der Waals surface area contributed by atoms with Gasteiger partial charge in [-0.3, -0.25) is 9.59 Å². The third-order valence-electron chi connectivity index (χ3n) is 4.55. The maximum atomic E-state index is 12.8. The van der Waals surface area contributed by atoms with E-state index in [1.165, 1.54) is 30.2 Å². The molecule has 0 aliphatic rings. The molecule has 0 radical (unpaired) electrons. The van der Waals surface area contributed by atoms with Gasteiger partial charge in [-0.05, 0) is 30.7 Å². The number of methoxy groups -OCH3 is 1. The maximum absolute atomic E-state index is 12.8. The average molecular weight is 472 g/mol. The number of aryl methyl sites for hydroxylation is 1. The molecule has 2 aromatic heterocycles. The summed E-state index contributed by atoms with van der Waals surface area (Å²) < 4.78 is 5.11. The Morgan fingerprint density at radius 3 is 2.74 bits per heavy atom. The summed E-state index contributed by atoms with van der Waals surface area (Å²) in [6.45, 7) is 1.98. The fourth-order valence-electron chi connectivity index (χ4n) is 3.20. The number of thiophene rings is 1. The number of halogens is 1. The van der Waals surface area contributed by atoms with Gasteiger partial charge in [-0.2, -0.15) is 0 Å². The largest absolute Gasteiger partial charge is 0.495 e. The molecule has 0 atom stereocenters. The van der Waals surface area contributed by atoms with E-state index in [1.807, 2.05) is 37.3 Å². The fraction of sp³-hybridized carbons (Fsp3) is 0.136. The first-order chi connectivity index (χ1) is 15.0. The summed E-state index contributed by atoms with van der Waals surface area (Å²) in [5.41, 5.74) is 2.24. The standard InChI is InChI=1S/C22H18ClN3O3S2/c1-12-18(13-6-4-3-5-7-13)19-20(28)25-22(26-21(19)31-12)30-11-17(27)24-14-8-9-16(29-2)15(23)10-14/h3-10H,11H2,1-2H3,(H,24,27)(H,25,26,28). The number of benzene rings is 2. The second-order valence-electron chi connectivity index (χ2n) is 6.64. The molecule has 4 aromatic rings. The summed E-state index contributed by atoms with van der Waals surface area (Å²) in [6, 6.07) is 14.8. The van der Waals surface area contributed by atoms with Crippen molar-refractivity contribution in [2.75, 3.05) is 18.2 Å². The number of ether oxygens (including phenoxy) is 1. The number of H-pyrrole nitrogens is 1. The Kier molecular flexibility index (Phi) is 6.31. The molecule has 1 amide bonds. The number of fused-ring (bicyclic) bond motifs is 1. The van der Waals surface area contributed by atoms with E-state index in [2.05, 4.69) is 15.3 Å². The van der Waals surface area contributed by atoms with Crippen molar-refractivity contribution in [1.82, 2.24) is 9.97 Å². The van der Waals surface area contributed by atoms with Crippen molar-refractivity contribution in [3.05, 3.63) is 68.8 Å². The number of nitrogens with one attached hydrogen (secondary N) is 2. The number of thioether (sulfide) groups is 1. The molecular weight excluding hydrogens is 454 g/mol. The molecular formula is C22H18ClN3O3S2. The molecule has 6 nitrogen and oxygen atoms in total. The number of aromatic amines is 1. The highest BCUT2D eigenvalue weighted by Gasteiger charge is 2.17. The van der Waals surface area contributed by atoms with E-state index in [-0.39, 0.29) is 17.2 Å². The molecule has 0 aliphatic carbocycles. The molecule has 0 spiro atoms. The molecule has 9 heteroatoms. The predicted octanol–water partition coefficient (Wildman–Crippen LogP) is 5.35. The van der Waals surface area contributed by atoms with Gasteiger partial charge >= 0.3 is 0 Å². The molecule has 158 valence electrons. The number of anilines is 1. The minimum Gasteiger partial charge on any atom is -0.495 e. The van der Waals surface area contributed by atoms with Crippen LogP contribution in [0, 0.1) is 6.92 Å². The first-order valence-corrected chi connectivity index (χ1v) is 11.5. The maximum Gasteiger partial charge on any atom is 0.260 e. The summed E-state index contributed by atoms with van der Waals surface area (Å²) in [5, 5.41) is 4.17. The molecule has 0 fully saturated rings. The Morgan fingerprint density at radius 2 is 2.03 bits per heavy atom. The van der Waals surface area contributed by atoms with Crippen LogP contribution in [0.25, 0.3) is 21.3 Å². The summed E-state index contributed by atoms with van der Waals surface area (Å²) in [7, 11) is 1.53. The number of amides is 1. The minimum absolute atomic E-state index is 0.0913. The molecule has 31 heavy (non-hydrogen) atoms. The van der Waals surface area contributed by atoms with Crippen molar-refractivity contribution < 1.29 is 9.53 Å². The van der Waals surface area contributed by atoms with Gasteiger partial charge in [0.05, 0.1) is 23.3 Å². The Balaban J connectivity index is 1.51. The number of rotatable bonds is 6. The van der Waals surface area contributed by atoms with Crippen LogP contribution in [-0.4, -0.2) is 28.7 Å². The number of hydrogen-bond acceptors (Lipinski definition) is 6. The first kappa shape index (κ1) is 21.4. The van der Waals surface area contributed by atoms with Gasteiger partial charge in [0.25, 0.3) is 5.56 Å². The van der Waals surface area contributed by atoms with Crippen LogP contribution in [-0.2, 0) is 4.79 Å². The summed E-state index contributed by atoms with van der Waals surface area (Å²) >= 11 is 8.73. The van der Waals surface area contributed by atoms with Crippen LogP contribution in [0.5, 0.6) is 5.75 Å². The predicted molar refractivity (Wildman–Crippen MR) is 128 cm³/mol. The molecule has 0 saturated carbocycles. The van der Waals surface area contributed by atoms with Crippen molar-refractivity contribution in [2.45, 2.75) is 12.1 Å². The Bertz CT molecular complexity index is 1320. The lowest BCUT2D eigenvalue weighted by atomic mass is 10.0. The van der Waals surface area contributed by atoms with Gasteiger partial charge in [0.15, 0.2) is 5.16 Å². The smallest absolute Gasteiger partial charge is 0.260 e. The van der Waals surface area contributed by atoms with Crippen LogP contribution in [0.15, 0.2) is 58.5 Å². The molecule has 4 rings (SSSR count). The average Bonchev–Trinajstić information content (AvgIpc) is 3.09. The monoisotopic (exact) mass is 471 g/mol. The minimum atomic E-state index is -0.235. The third kappa shape index (κ3) is 4.61. The van der Waals surface area contributed by atoms with Gasteiger partial charge in [-0.15, -0.1) is 11.3 Å². The lowest BCUT2D eigenvalue weighted by Gasteiger charge is -2.08. The molecule has 2 aromatic carbocycles. The Labute approximate surface area is 191 Å². The zero-order valence-corrected chi connectivity index (χ0v) is 19.1. The van der Waals surface area contributed by atoms with Gasteiger partial charge in [-0.1, -0.05) is 53.7 Å². The Morgan fingerprint density at radius 1 is 1.26 bits per heavy atom. The second-order valence-corrected chi connectivity index (χ2v) is 9.21. The van der Waals surface area contributed by atoms with Crippen LogP contribution < -0.4 is 15.6 Å². The third-order valence-corrected chi connectivity index (χ3v) is 6.72. The van der Waals surface area contributed by atoms with Crippen LogP contribution in [0.1, 0.15) is 4.88 Å². The van der Waals surface area contributed by atoms with Crippen molar-refractivity contribution in [3.63, 3.8) is 0 Å². The van der Waals surface area contributed by atoms with Crippen molar-refractivity contribution >= 4 is 56.5 Å². The van der Waals surface area contributed by atoms with Gasteiger partial charge in [-0.25, -0.2) is 4.98 Å². The zero-order valence-electron chi connectivity index (χ0n) is 16.7. The highest BCUT2D eigenvalue weighted by Crippen LogP contribution is 2.36. The number of aromatic nitrogens is 2. The lowest BCUT2D eigenvalue weighted by molar-refractivity contribution is -0.113. The van der Waals surface area contributed by atoms with Gasteiger partial charge in [0.1, 0.15) is 10.6 Å². The van der Waals surface area contributed by atoms with Gasteiger partial charge < -0.3 is 15.0 Å². The normalized spacial score (nSPS) is 10.9. The van der Waals surface area contributed by atoms with E-state index in [1.54, 1.807) is 18.2 Å². The van der Waals surface area contributed by atoms with Crippen molar-refractivity contribution in [1.29, 1.82) is 0 Å². The number of hydrogen-bond donors (Lipinski definition) is 2. The summed E-state index contributed by atoms with van der Waals surface area (Å²) in [6.07, 6.45) is 0. The fourth-order valence-corrected chi connectivity index (χ4v) is 5.22. The quantitative estimate of drug-likeness (QED) is 0.292. The molecule has 0 aliphatic heterocycles. The molecule has 0 unspecified atom stereocenters. The van der Waals surface area contributed by atoms with E-state index in [0.29, 0.717) is 31.8 Å². The summed E-state index contributed by atoms with van der Waals surface area (Å²) in [5.74, 6) is 0.389. The van der Waals surface area contributed by atoms with E-state index in [4.69, 9.17) is 16.3 Å². The van der Waals surface area contributed by atoms with Gasteiger partial charge in [0, 0.05) is 16.1 Å². The van der Waals surface area contributed by atoms with E-state index in [9.17, 15) is 9.59 Å². The highest BCUT2D eigenvalue weighted by atomic mass is 35.5. The molecule has 2 N–H and O–H groups in total. The highest BCUT2D eigenvalue weighted by molar-refractivity contribution is 7.99. The van der Waals surface area contributed by atoms with Crippen LogP contribution >= 0.6 is 34.7 Å².